The van der Waals surface area contributed by atoms with Crippen molar-refractivity contribution in [2.45, 2.75) is 18.5 Å². The molecule has 1 atom stereocenters. The molecule has 0 spiro atoms. The summed E-state index contributed by atoms with van der Waals surface area (Å²) in [5.41, 5.74) is -0.153. The number of nitrogens with one attached hydrogen (secondary N) is 1. The second-order valence-corrected chi connectivity index (χ2v) is 6.33. The number of halogens is 1. The molecular weight excluding hydrogens is 342 g/mol. The molecule has 1 unspecified atom stereocenters. The van der Waals surface area contributed by atoms with Crippen LogP contribution in [0.1, 0.15) is 12.0 Å². The molecule has 0 radical (unpaired) electrons. The van der Waals surface area contributed by atoms with Crippen LogP contribution in [0, 0.1) is 0 Å². The number of hydrogen-bond acceptors (Lipinski definition) is 5. The van der Waals surface area contributed by atoms with E-state index < -0.39 is 11.5 Å². The molecule has 0 bridgehead atoms. The standard InChI is InChI=1S/C18H18ClN3O3/c1-25-17(24)18(21-11-13-5-7-14(19)8-6-13)10-16(23)22(12-18)15-4-2-3-9-20-15/h2-9,21H,10-12H2,1H3. The Balaban J connectivity index is 1.81. The van der Waals surface area contributed by atoms with E-state index in [1.54, 1.807) is 36.5 Å². The first kappa shape index (κ1) is 17.4. The number of aromatic nitrogens is 1. The van der Waals surface area contributed by atoms with E-state index in [0.717, 1.165) is 5.56 Å². The van der Waals surface area contributed by atoms with E-state index in [4.69, 9.17) is 16.3 Å². The molecule has 6 nitrogen and oxygen atoms in total. The molecule has 1 aliphatic rings. The van der Waals surface area contributed by atoms with E-state index >= 15 is 0 Å². The van der Waals surface area contributed by atoms with Crippen LogP contribution in [0.2, 0.25) is 5.02 Å². The van der Waals surface area contributed by atoms with E-state index in [1.807, 2.05) is 12.1 Å². The van der Waals surface area contributed by atoms with Gasteiger partial charge in [0.1, 0.15) is 11.4 Å². The molecule has 0 saturated carbocycles. The number of methoxy groups -OCH3 is 1. The number of anilines is 1. The minimum Gasteiger partial charge on any atom is -0.468 e. The molecule has 1 aliphatic heterocycles. The van der Waals surface area contributed by atoms with E-state index in [-0.39, 0.29) is 18.9 Å². The zero-order chi connectivity index (χ0) is 17.9. The topological polar surface area (TPSA) is 71.5 Å². The van der Waals surface area contributed by atoms with Gasteiger partial charge in [-0.3, -0.25) is 15.0 Å². The van der Waals surface area contributed by atoms with Crippen molar-refractivity contribution in [1.29, 1.82) is 0 Å². The second-order valence-electron chi connectivity index (χ2n) is 5.90. The lowest BCUT2D eigenvalue weighted by atomic mass is 9.98. The van der Waals surface area contributed by atoms with Crippen LogP contribution in [0.25, 0.3) is 0 Å². The molecule has 7 heteroatoms. The number of esters is 1. The Kier molecular flexibility index (Phi) is 5.01. The number of hydrogen-bond donors (Lipinski definition) is 1. The van der Waals surface area contributed by atoms with Gasteiger partial charge in [-0.15, -0.1) is 0 Å². The number of carbonyl (C=O) groups excluding carboxylic acids is 2. The number of benzene rings is 1. The first-order valence-corrected chi connectivity index (χ1v) is 8.21. The van der Waals surface area contributed by atoms with Gasteiger partial charge in [-0.25, -0.2) is 9.78 Å². The van der Waals surface area contributed by atoms with Crippen molar-refractivity contribution < 1.29 is 14.3 Å². The predicted octanol–water partition coefficient (Wildman–Crippen LogP) is 2.17. The largest absolute Gasteiger partial charge is 0.468 e. The van der Waals surface area contributed by atoms with Crippen LogP contribution in [0.15, 0.2) is 48.7 Å². The zero-order valence-corrected chi connectivity index (χ0v) is 14.5. The lowest BCUT2D eigenvalue weighted by Crippen LogP contribution is -2.54. The molecule has 1 saturated heterocycles. The van der Waals surface area contributed by atoms with Crippen LogP contribution in [0.5, 0.6) is 0 Å². The molecule has 1 fully saturated rings. The molecule has 1 amide bonds. The van der Waals surface area contributed by atoms with Crippen LogP contribution in [0.3, 0.4) is 0 Å². The van der Waals surface area contributed by atoms with Gasteiger partial charge < -0.3 is 4.74 Å². The molecular formula is C18H18ClN3O3. The molecule has 1 aromatic heterocycles. The molecule has 1 aromatic carbocycles. The van der Waals surface area contributed by atoms with Crippen LogP contribution in [-0.2, 0) is 20.9 Å². The SMILES string of the molecule is COC(=O)C1(NCc2ccc(Cl)cc2)CC(=O)N(c2ccccn2)C1. The van der Waals surface area contributed by atoms with Gasteiger partial charge in [-0.1, -0.05) is 29.8 Å². The summed E-state index contributed by atoms with van der Waals surface area (Å²) in [5, 5.41) is 3.85. The van der Waals surface area contributed by atoms with E-state index in [9.17, 15) is 9.59 Å². The molecule has 25 heavy (non-hydrogen) atoms. The Bertz CT molecular complexity index is 767. The molecule has 2 heterocycles. The highest BCUT2D eigenvalue weighted by Gasteiger charge is 2.50. The maximum Gasteiger partial charge on any atom is 0.328 e. The van der Waals surface area contributed by atoms with Crippen molar-refractivity contribution in [1.82, 2.24) is 10.3 Å². The first-order valence-electron chi connectivity index (χ1n) is 7.83. The molecule has 2 aromatic rings. The average molecular weight is 360 g/mol. The van der Waals surface area contributed by atoms with Crippen molar-refractivity contribution in [2.24, 2.45) is 0 Å². The highest BCUT2D eigenvalue weighted by atomic mass is 35.5. The third kappa shape index (κ3) is 3.65. The highest BCUT2D eigenvalue weighted by molar-refractivity contribution is 6.30. The van der Waals surface area contributed by atoms with Gasteiger partial charge in [0.2, 0.25) is 5.91 Å². The Morgan fingerprint density at radius 3 is 2.72 bits per heavy atom. The Hall–Kier alpha value is -2.44. The number of amides is 1. The number of ether oxygens (including phenoxy) is 1. The normalized spacial score (nSPS) is 19.9. The van der Waals surface area contributed by atoms with Gasteiger partial charge >= 0.3 is 5.97 Å². The van der Waals surface area contributed by atoms with E-state index in [1.165, 1.54) is 12.0 Å². The number of pyridine rings is 1. The summed E-state index contributed by atoms with van der Waals surface area (Å²) in [5.74, 6) is -0.118. The zero-order valence-electron chi connectivity index (χ0n) is 13.7. The Morgan fingerprint density at radius 1 is 1.32 bits per heavy atom. The van der Waals surface area contributed by atoms with Gasteiger partial charge in [0.05, 0.1) is 20.1 Å². The lowest BCUT2D eigenvalue weighted by molar-refractivity contribution is -0.148. The minimum absolute atomic E-state index is 0.0177. The molecule has 130 valence electrons. The van der Waals surface area contributed by atoms with E-state index in [0.29, 0.717) is 17.4 Å². The van der Waals surface area contributed by atoms with Crippen LogP contribution in [-0.4, -0.2) is 36.1 Å². The Morgan fingerprint density at radius 2 is 2.08 bits per heavy atom. The third-order valence-corrected chi connectivity index (χ3v) is 4.48. The number of carbonyl (C=O) groups is 2. The predicted molar refractivity (Wildman–Crippen MR) is 94.2 cm³/mol. The Labute approximate surface area is 150 Å². The second kappa shape index (κ2) is 7.21. The van der Waals surface area contributed by atoms with Crippen molar-refractivity contribution in [3.63, 3.8) is 0 Å². The fourth-order valence-electron chi connectivity index (χ4n) is 2.89. The van der Waals surface area contributed by atoms with Crippen molar-refractivity contribution in [2.75, 3.05) is 18.6 Å². The van der Waals surface area contributed by atoms with Gasteiger partial charge in [0.25, 0.3) is 0 Å². The quantitative estimate of drug-likeness (QED) is 0.828. The summed E-state index contributed by atoms with van der Waals surface area (Å²) in [4.78, 5) is 30.6. The van der Waals surface area contributed by atoms with Crippen LogP contribution in [0.4, 0.5) is 5.82 Å². The maximum absolute atomic E-state index is 12.5. The fourth-order valence-corrected chi connectivity index (χ4v) is 3.01. The van der Waals surface area contributed by atoms with Crippen LogP contribution >= 0.6 is 11.6 Å². The molecule has 1 N–H and O–H groups in total. The maximum atomic E-state index is 12.5. The monoisotopic (exact) mass is 359 g/mol. The van der Waals surface area contributed by atoms with Crippen LogP contribution < -0.4 is 10.2 Å². The lowest BCUT2D eigenvalue weighted by Gasteiger charge is -2.27. The van der Waals surface area contributed by atoms with E-state index in [2.05, 4.69) is 10.3 Å². The summed E-state index contributed by atoms with van der Waals surface area (Å²) >= 11 is 5.89. The van der Waals surface area contributed by atoms with Crippen molar-refractivity contribution in [3.05, 3.63) is 59.2 Å². The summed E-state index contributed by atoms with van der Waals surface area (Å²) in [6.45, 7) is 0.582. The van der Waals surface area contributed by atoms with Gasteiger partial charge in [0.15, 0.2) is 0 Å². The fraction of sp³-hybridized carbons (Fsp3) is 0.278. The number of nitrogens with zero attached hydrogens (tertiary/aromatic N) is 2. The molecule has 3 rings (SSSR count). The highest BCUT2D eigenvalue weighted by Crippen LogP contribution is 2.28. The average Bonchev–Trinajstić information content (AvgIpc) is 2.99. The smallest absolute Gasteiger partial charge is 0.328 e. The van der Waals surface area contributed by atoms with Gasteiger partial charge in [-0.2, -0.15) is 0 Å². The van der Waals surface area contributed by atoms with Gasteiger partial charge in [-0.05, 0) is 29.8 Å². The van der Waals surface area contributed by atoms with Gasteiger partial charge in [0, 0.05) is 17.8 Å². The summed E-state index contributed by atoms with van der Waals surface area (Å²) < 4.78 is 4.96. The first-order chi connectivity index (χ1) is 12.0. The van der Waals surface area contributed by atoms with Crippen molar-refractivity contribution in [3.8, 4) is 0 Å². The minimum atomic E-state index is -1.11. The molecule has 0 aliphatic carbocycles. The number of rotatable bonds is 5. The third-order valence-electron chi connectivity index (χ3n) is 4.23. The summed E-state index contributed by atoms with van der Waals surface area (Å²) in [6.07, 6.45) is 1.63. The van der Waals surface area contributed by atoms with Crippen molar-refractivity contribution >= 4 is 29.3 Å². The summed E-state index contributed by atoms with van der Waals surface area (Å²) in [7, 11) is 1.32. The summed E-state index contributed by atoms with van der Waals surface area (Å²) in [6, 6.07) is 12.6.